The molecule has 0 atom stereocenters. The summed E-state index contributed by atoms with van der Waals surface area (Å²) in [5, 5.41) is 8.93. The Morgan fingerprint density at radius 3 is 2.47 bits per heavy atom. The minimum atomic E-state index is -0.844. The Morgan fingerprint density at radius 1 is 1.16 bits per heavy atom. The molecule has 6 heteroatoms. The van der Waals surface area contributed by atoms with E-state index in [-0.39, 0.29) is 22.9 Å². The molecule has 0 saturated carbocycles. The van der Waals surface area contributed by atoms with Gasteiger partial charge < -0.3 is 5.73 Å². The lowest BCUT2D eigenvalue weighted by molar-refractivity contribution is 0.0991. The number of benzene rings is 1. The van der Waals surface area contributed by atoms with E-state index >= 15 is 0 Å². The number of primary amides is 1. The van der Waals surface area contributed by atoms with E-state index in [9.17, 15) is 9.59 Å². The number of amides is 1. The molecule has 1 aromatic carbocycles. The maximum atomic E-state index is 12.1. The third-order valence-electron chi connectivity index (χ3n) is 2.88. The molecule has 1 heterocycles. The Bertz CT molecular complexity index is 790. The van der Waals surface area contributed by atoms with Crippen LogP contribution in [0, 0.1) is 11.3 Å². The lowest BCUT2D eigenvalue weighted by atomic mass is 10.1. The number of rotatable bonds is 1. The molecule has 19 heavy (non-hydrogen) atoms. The molecule has 1 aliphatic carbocycles. The molecule has 1 amide bonds. The summed E-state index contributed by atoms with van der Waals surface area (Å²) in [6.45, 7) is 0. The highest BCUT2D eigenvalue weighted by Crippen LogP contribution is 2.34. The lowest BCUT2D eigenvalue weighted by Gasteiger charge is -2.02. The average molecular weight is 250 g/mol. The molecule has 0 unspecified atom stereocenters. The van der Waals surface area contributed by atoms with E-state index in [1.807, 2.05) is 0 Å². The molecule has 90 valence electrons. The van der Waals surface area contributed by atoms with Crippen molar-refractivity contribution in [3.8, 4) is 17.3 Å². The molecule has 0 aliphatic heterocycles. The summed E-state index contributed by atoms with van der Waals surface area (Å²) in [5.41, 5.74) is 6.16. The first-order chi connectivity index (χ1) is 9.13. The van der Waals surface area contributed by atoms with Gasteiger partial charge in [-0.15, -0.1) is 0 Å². The zero-order valence-corrected chi connectivity index (χ0v) is 9.54. The third kappa shape index (κ3) is 1.42. The molecule has 1 aromatic heterocycles. The van der Waals surface area contributed by atoms with Crippen LogP contribution in [-0.2, 0) is 0 Å². The number of fused-ring (bicyclic) bond motifs is 3. The van der Waals surface area contributed by atoms with Crippen molar-refractivity contribution >= 4 is 11.7 Å². The van der Waals surface area contributed by atoms with Gasteiger partial charge in [-0.1, -0.05) is 24.3 Å². The molecule has 6 nitrogen and oxygen atoms in total. The molecular weight excluding hydrogens is 244 g/mol. The molecule has 0 spiro atoms. The van der Waals surface area contributed by atoms with Crippen molar-refractivity contribution < 1.29 is 9.59 Å². The van der Waals surface area contributed by atoms with E-state index in [1.54, 1.807) is 30.3 Å². The molecule has 1 aliphatic rings. The van der Waals surface area contributed by atoms with E-state index in [2.05, 4.69) is 9.97 Å². The Hall–Kier alpha value is -3.07. The van der Waals surface area contributed by atoms with Crippen LogP contribution in [0.25, 0.3) is 11.3 Å². The van der Waals surface area contributed by atoms with Gasteiger partial charge in [-0.25, -0.2) is 9.97 Å². The summed E-state index contributed by atoms with van der Waals surface area (Å²) in [4.78, 5) is 31.3. The van der Waals surface area contributed by atoms with Gasteiger partial charge in [0.25, 0.3) is 5.91 Å². The van der Waals surface area contributed by atoms with Crippen molar-refractivity contribution in [2.75, 3.05) is 0 Å². The predicted octanol–water partition coefficient (Wildman–Crippen LogP) is 0.659. The van der Waals surface area contributed by atoms with Crippen LogP contribution < -0.4 is 5.73 Å². The zero-order chi connectivity index (χ0) is 13.6. The fourth-order valence-corrected chi connectivity index (χ4v) is 2.05. The number of carbonyl (C=O) groups is 2. The normalized spacial score (nSPS) is 11.6. The van der Waals surface area contributed by atoms with E-state index in [4.69, 9.17) is 11.0 Å². The Kier molecular flexibility index (Phi) is 2.16. The predicted molar refractivity (Wildman–Crippen MR) is 64.1 cm³/mol. The van der Waals surface area contributed by atoms with Crippen molar-refractivity contribution in [2.24, 2.45) is 5.73 Å². The zero-order valence-electron chi connectivity index (χ0n) is 9.54. The average Bonchev–Trinajstić information content (AvgIpc) is 2.71. The van der Waals surface area contributed by atoms with E-state index in [1.165, 1.54) is 0 Å². The first kappa shape index (κ1) is 11.0. The topological polar surface area (TPSA) is 110 Å². The second-order valence-electron chi connectivity index (χ2n) is 3.97. The largest absolute Gasteiger partial charge is 0.364 e. The number of hydrogen-bond donors (Lipinski definition) is 1. The maximum Gasteiger partial charge on any atom is 0.270 e. The highest BCUT2D eigenvalue weighted by atomic mass is 16.1. The summed E-state index contributed by atoms with van der Waals surface area (Å²) in [7, 11) is 0. The van der Waals surface area contributed by atoms with Gasteiger partial charge >= 0.3 is 0 Å². The summed E-state index contributed by atoms with van der Waals surface area (Å²) in [6, 6.07) is 8.57. The second kappa shape index (κ2) is 3.71. The number of aromatic nitrogens is 2. The van der Waals surface area contributed by atoms with Gasteiger partial charge in [0.1, 0.15) is 17.5 Å². The van der Waals surface area contributed by atoms with Crippen LogP contribution in [-0.4, -0.2) is 21.7 Å². The molecule has 3 rings (SSSR count). The van der Waals surface area contributed by atoms with Gasteiger partial charge in [0, 0.05) is 11.1 Å². The van der Waals surface area contributed by atoms with Gasteiger partial charge in [0.2, 0.25) is 5.78 Å². The highest BCUT2D eigenvalue weighted by molar-refractivity contribution is 6.20. The molecule has 0 bridgehead atoms. The Labute approximate surface area is 107 Å². The first-order valence-corrected chi connectivity index (χ1v) is 5.39. The molecular formula is C13H6N4O2. The number of nitrogens with two attached hydrogens (primary N) is 1. The van der Waals surface area contributed by atoms with E-state index < -0.39 is 5.91 Å². The van der Waals surface area contributed by atoms with Crippen molar-refractivity contribution in [3.05, 3.63) is 46.9 Å². The van der Waals surface area contributed by atoms with E-state index in [0.29, 0.717) is 16.8 Å². The van der Waals surface area contributed by atoms with Crippen molar-refractivity contribution in [1.82, 2.24) is 9.97 Å². The number of nitrogens with zero attached hydrogens (tertiary/aromatic N) is 3. The quantitative estimate of drug-likeness (QED) is 0.682. The summed E-state index contributed by atoms with van der Waals surface area (Å²) >= 11 is 0. The minimum absolute atomic E-state index is 0.0859. The third-order valence-corrected chi connectivity index (χ3v) is 2.88. The van der Waals surface area contributed by atoms with Crippen LogP contribution in [0.15, 0.2) is 24.3 Å². The Balaban J connectivity index is 2.37. The van der Waals surface area contributed by atoms with E-state index in [0.717, 1.165) is 0 Å². The molecule has 0 fully saturated rings. The van der Waals surface area contributed by atoms with Crippen LogP contribution >= 0.6 is 0 Å². The van der Waals surface area contributed by atoms with Crippen LogP contribution in [0.4, 0.5) is 0 Å². The van der Waals surface area contributed by atoms with Gasteiger partial charge in [0.15, 0.2) is 11.4 Å². The van der Waals surface area contributed by atoms with Crippen LogP contribution in [0.3, 0.4) is 0 Å². The number of carbonyl (C=O) groups excluding carboxylic acids is 2. The fraction of sp³-hybridized carbons (Fsp3) is 0. The van der Waals surface area contributed by atoms with Crippen molar-refractivity contribution in [1.29, 1.82) is 5.26 Å². The maximum absolute atomic E-state index is 12.1. The number of ketones is 1. The van der Waals surface area contributed by atoms with Gasteiger partial charge in [0.05, 0.1) is 0 Å². The van der Waals surface area contributed by atoms with Gasteiger partial charge in [-0.05, 0) is 0 Å². The van der Waals surface area contributed by atoms with Crippen LogP contribution in [0.5, 0.6) is 0 Å². The van der Waals surface area contributed by atoms with Gasteiger partial charge in [-0.2, -0.15) is 5.26 Å². The standard InChI is InChI=1S/C13H6N4O2/c14-5-8-10(13(15)19)17-9-6-3-1-2-4-7(6)12(18)11(9)16-8/h1-4H,(H2,15,19). The molecule has 2 N–H and O–H groups in total. The smallest absolute Gasteiger partial charge is 0.270 e. The van der Waals surface area contributed by atoms with Crippen LogP contribution in [0.1, 0.15) is 32.2 Å². The summed E-state index contributed by atoms with van der Waals surface area (Å²) in [5.74, 6) is -1.14. The highest BCUT2D eigenvalue weighted by Gasteiger charge is 2.31. The molecule has 0 saturated heterocycles. The monoisotopic (exact) mass is 250 g/mol. The SMILES string of the molecule is N#Cc1nc2c(nc1C(N)=O)-c1ccccc1C2=O. The molecule has 2 aromatic rings. The summed E-state index contributed by atoms with van der Waals surface area (Å²) < 4.78 is 0. The van der Waals surface area contributed by atoms with Crippen molar-refractivity contribution in [2.45, 2.75) is 0 Å². The second-order valence-corrected chi connectivity index (χ2v) is 3.97. The number of hydrogen-bond acceptors (Lipinski definition) is 5. The fourth-order valence-electron chi connectivity index (χ4n) is 2.05. The Morgan fingerprint density at radius 2 is 1.84 bits per heavy atom. The van der Waals surface area contributed by atoms with Crippen molar-refractivity contribution in [3.63, 3.8) is 0 Å². The van der Waals surface area contributed by atoms with Gasteiger partial charge in [-0.3, -0.25) is 9.59 Å². The first-order valence-electron chi connectivity index (χ1n) is 5.39. The lowest BCUT2D eigenvalue weighted by Crippen LogP contribution is -2.17. The number of nitriles is 1. The summed E-state index contributed by atoms with van der Waals surface area (Å²) in [6.07, 6.45) is 0. The minimum Gasteiger partial charge on any atom is -0.364 e. The van der Waals surface area contributed by atoms with Crippen LogP contribution in [0.2, 0.25) is 0 Å². The molecule has 0 radical (unpaired) electrons.